The monoisotopic (exact) mass is 397 g/mol. The molecule has 3 rings (SSSR count). The second-order valence-electron chi connectivity index (χ2n) is 6.02. The highest BCUT2D eigenvalue weighted by molar-refractivity contribution is 7.78. The molecule has 1 atom stereocenters. The van der Waals surface area contributed by atoms with E-state index >= 15 is 0 Å². The predicted molar refractivity (Wildman–Crippen MR) is 102 cm³/mol. The number of nitrogens with zero attached hydrogens (tertiary/aromatic N) is 3. The fourth-order valence-electron chi connectivity index (χ4n) is 3.06. The summed E-state index contributed by atoms with van der Waals surface area (Å²) >= 11 is -0.870. The number of anilines is 1. The SMILES string of the molecule is CCc1ccc([N+]2(S(=O)O)CCN(c3ncc(C(=O)NO)s3)CC2)cc1. The number of nitrogens with one attached hydrogen (secondary N) is 1. The molecule has 0 radical (unpaired) electrons. The summed E-state index contributed by atoms with van der Waals surface area (Å²) in [6, 6.07) is 7.84. The van der Waals surface area contributed by atoms with E-state index in [-0.39, 0.29) is 3.89 Å². The highest BCUT2D eigenvalue weighted by Crippen LogP contribution is 2.31. The number of hydrogen-bond acceptors (Lipinski definition) is 6. The summed E-state index contributed by atoms with van der Waals surface area (Å²) in [6.45, 7) is 4.05. The maximum atomic E-state index is 12.2. The third-order valence-electron chi connectivity index (χ3n) is 4.67. The summed E-state index contributed by atoms with van der Waals surface area (Å²) in [5.74, 6) is -0.594. The molecule has 3 N–H and O–H groups in total. The Bertz CT molecular complexity index is 801. The van der Waals surface area contributed by atoms with Crippen LogP contribution in [-0.4, -0.2) is 51.0 Å². The van der Waals surface area contributed by atoms with Crippen molar-refractivity contribution >= 4 is 39.3 Å². The molecule has 1 amide bonds. The molecule has 1 aromatic carbocycles. The zero-order valence-corrected chi connectivity index (χ0v) is 15.9. The number of quaternary nitrogens is 1. The number of aryl methyl sites for hydroxylation is 1. The number of amides is 1. The molecule has 1 aliphatic heterocycles. The fourth-order valence-corrected chi connectivity index (χ4v) is 4.69. The van der Waals surface area contributed by atoms with Crippen molar-refractivity contribution in [3.63, 3.8) is 0 Å². The first-order chi connectivity index (χ1) is 12.5. The first kappa shape index (κ1) is 18.9. The molecule has 1 fully saturated rings. The van der Waals surface area contributed by atoms with E-state index in [1.54, 1.807) is 5.48 Å². The van der Waals surface area contributed by atoms with Gasteiger partial charge >= 0.3 is 11.3 Å². The molecule has 2 heterocycles. The van der Waals surface area contributed by atoms with Crippen LogP contribution in [0.1, 0.15) is 22.2 Å². The lowest BCUT2D eigenvalue weighted by Crippen LogP contribution is -2.61. The Morgan fingerprint density at radius 1 is 1.35 bits per heavy atom. The van der Waals surface area contributed by atoms with Crippen LogP contribution in [-0.2, 0) is 17.7 Å². The van der Waals surface area contributed by atoms with Crippen LogP contribution in [0, 0.1) is 0 Å². The highest BCUT2D eigenvalue weighted by Gasteiger charge is 2.42. The molecule has 0 spiro atoms. The summed E-state index contributed by atoms with van der Waals surface area (Å²) in [6.07, 6.45) is 2.33. The summed E-state index contributed by atoms with van der Waals surface area (Å²) < 4.78 is 22.2. The van der Waals surface area contributed by atoms with Crippen molar-refractivity contribution in [3.05, 3.63) is 40.9 Å². The Morgan fingerprint density at radius 2 is 2.00 bits per heavy atom. The van der Waals surface area contributed by atoms with Gasteiger partial charge in [-0.15, -0.1) is 0 Å². The van der Waals surface area contributed by atoms with E-state index in [1.807, 2.05) is 29.2 Å². The number of hydroxylamine groups is 1. The molecule has 10 heteroatoms. The number of piperazine rings is 1. The van der Waals surface area contributed by atoms with Crippen LogP contribution in [0.25, 0.3) is 0 Å². The summed E-state index contributed by atoms with van der Waals surface area (Å²) in [5, 5.41) is 9.36. The van der Waals surface area contributed by atoms with Crippen molar-refractivity contribution in [3.8, 4) is 0 Å². The fraction of sp³-hybridized carbons (Fsp3) is 0.375. The largest absolute Gasteiger partial charge is 0.363 e. The van der Waals surface area contributed by atoms with Crippen LogP contribution in [0.15, 0.2) is 30.5 Å². The summed E-state index contributed by atoms with van der Waals surface area (Å²) in [7, 11) is 0. The Hall–Kier alpha value is -1.85. The van der Waals surface area contributed by atoms with E-state index < -0.39 is 17.2 Å². The Morgan fingerprint density at radius 3 is 2.54 bits per heavy atom. The maximum absolute atomic E-state index is 12.2. The second kappa shape index (κ2) is 7.80. The summed E-state index contributed by atoms with van der Waals surface area (Å²) in [4.78, 5) is 18.0. The predicted octanol–water partition coefficient (Wildman–Crippen LogP) is 1.79. The Labute approximate surface area is 158 Å². The van der Waals surface area contributed by atoms with Gasteiger partial charge in [0.2, 0.25) is 0 Å². The van der Waals surface area contributed by atoms with Crippen LogP contribution in [0.2, 0.25) is 0 Å². The van der Waals surface area contributed by atoms with Gasteiger partial charge in [0.1, 0.15) is 23.7 Å². The van der Waals surface area contributed by atoms with Gasteiger partial charge in [0, 0.05) is 12.1 Å². The second-order valence-corrected chi connectivity index (χ2v) is 8.19. The summed E-state index contributed by atoms with van der Waals surface area (Å²) in [5.41, 5.74) is 3.60. The van der Waals surface area contributed by atoms with E-state index in [2.05, 4.69) is 11.9 Å². The molecule has 0 bridgehead atoms. The minimum atomic E-state index is -2.05. The van der Waals surface area contributed by atoms with E-state index in [0.29, 0.717) is 36.2 Å². The van der Waals surface area contributed by atoms with Gasteiger partial charge in [0.25, 0.3) is 5.91 Å². The topological polar surface area (TPSA) is 103 Å². The average molecular weight is 398 g/mol. The van der Waals surface area contributed by atoms with Crippen LogP contribution >= 0.6 is 11.3 Å². The smallest absolute Gasteiger partial charge is 0.337 e. The minimum Gasteiger partial charge on any atom is -0.337 e. The minimum absolute atomic E-state index is 0.00411. The third kappa shape index (κ3) is 3.51. The molecule has 2 aromatic rings. The van der Waals surface area contributed by atoms with Crippen molar-refractivity contribution in [2.24, 2.45) is 0 Å². The zero-order chi connectivity index (χ0) is 18.7. The van der Waals surface area contributed by atoms with Gasteiger partial charge in [0.05, 0.1) is 19.3 Å². The van der Waals surface area contributed by atoms with Crippen molar-refractivity contribution in [2.75, 3.05) is 31.1 Å². The molecule has 26 heavy (non-hydrogen) atoms. The van der Waals surface area contributed by atoms with Gasteiger partial charge in [-0.1, -0.05) is 30.4 Å². The van der Waals surface area contributed by atoms with Crippen LogP contribution in [0.4, 0.5) is 10.8 Å². The number of carbonyl (C=O) groups excluding carboxylic acids is 1. The molecular weight excluding hydrogens is 376 g/mol. The van der Waals surface area contributed by atoms with E-state index in [0.717, 1.165) is 12.1 Å². The average Bonchev–Trinajstić information content (AvgIpc) is 3.17. The lowest BCUT2D eigenvalue weighted by atomic mass is 10.1. The van der Waals surface area contributed by atoms with E-state index in [4.69, 9.17) is 5.21 Å². The quantitative estimate of drug-likeness (QED) is 0.308. The van der Waals surface area contributed by atoms with Gasteiger partial charge in [-0.2, -0.15) is 8.10 Å². The third-order valence-corrected chi connectivity index (χ3v) is 6.90. The van der Waals surface area contributed by atoms with E-state index in [1.165, 1.54) is 23.1 Å². The number of carbonyl (C=O) groups is 1. The lowest BCUT2D eigenvalue weighted by molar-refractivity contribution is 0.0710. The van der Waals surface area contributed by atoms with Crippen LogP contribution < -0.4 is 14.3 Å². The molecule has 1 saturated heterocycles. The standard InChI is InChI=1S/C16H20N4O4S2/c1-2-12-3-5-13(6-4-12)20(26(23)24)9-7-19(8-10-20)16-17-11-14(25-16)15(21)18-22/h3-6,11H,2,7-10H2,1H3,(H2-,18,21,22,23,24)/p+1. The molecule has 1 aliphatic rings. The number of thiazole rings is 1. The number of benzene rings is 1. The van der Waals surface area contributed by atoms with Gasteiger partial charge in [-0.25, -0.2) is 10.5 Å². The number of hydrogen-bond donors (Lipinski definition) is 3. The van der Waals surface area contributed by atoms with Crippen LogP contribution in [0.3, 0.4) is 0 Å². The van der Waals surface area contributed by atoms with Crippen molar-refractivity contribution in [2.45, 2.75) is 13.3 Å². The molecule has 0 aliphatic carbocycles. The molecule has 140 valence electrons. The van der Waals surface area contributed by atoms with Crippen molar-refractivity contribution in [1.29, 1.82) is 0 Å². The molecule has 1 aromatic heterocycles. The molecule has 1 unspecified atom stereocenters. The van der Waals surface area contributed by atoms with E-state index in [9.17, 15) is 13.6 Å². The number of aromatic nitrogens is 1. The van der Waals surface area contributed by atoms with Gasteiger partial charge in [-0.3, -0.25) is 14.6 Å². The van der Waals surface area contributed by atoms with Gasteiger partial charge < -0.3 is 4.90 Å². The van der Waals surface area contributed by atoms with Gasteiger partial charge in [-0.05, 0) is 12.0 Å². The van der Waals surface area contributed by atoms with Crippen molar-refractivity contribution in [1.82, 2.24) is 14.4 Å². The lowest BCUT2D eigenvalue weighted by Gasteiger charge is -2.40. The number of rotatable bonds is 5. The Kier molecular flexibility index (Phi) is 5.68. The maximum Gasteiger partial charge on any atom is 0.363 e. The normalized spacial score (nSPS) is 17.7. The first-order valence-electron chi connectivity index (χ1n) is 8.23. The zero-order valence-electron chi connectivity index (χ0n) is 14.3. The Balaban J connectivity index is 1.78. The van der Waals surface area contributed by atoms with Gasteiger partial charge in [0.15, 0.2) is 5.13 Å². The highest BCUT2D eigenvalue weighted by atomic mass is 32.2. The van der Waals surface area contributed by atoms with Crippen molar-refractivity contribution < 1.29 is 18.8 Å². The first-order valence-corrected chi connectivity index (χ1v) is 10.1. The molecule has 8 nitrogen and oxygen atoms in total. The molecule has 0 saturated carbocycles. The van der Waals surface area contributed by atoms with Crippen LogP contribution in [0.5, 0.6) is 0 Å². The molecular formula is C16H21N4O4S2+.